The summed E-state index contributed by atoms with van der Waals surface area (Å²) in [5, 5.41) is 7.61. The van der Waals surface area contributed by atoms with E-state index in [9.17, 15) is 4.79 Å². The van der Waals surface area contributed by atoms with Crippen LogP contribution in [0.2, 0.25) is 0 Å². The van der Waals surface area contributed by atoms with Gasteiger partial charge in [-0.1, -0.05) is 13.8 Å². The van der Waals surface area contributed by atoms with Crippen molar-refractivity contribution >= 4 is 5.91 Å². The molecule has 0 aliphatic carbocycles. The standard InChI is InChI=1S/C19H30N4O2/c1-13(2)12-23-15(4)16(14(3)21-23)10-19(24)20-11-17(22(5)6)18-8-7-9-25-18/h7-9,13,17H,10-12H2,1-6H3,(H,20,24). The Labute approximate surface area is 150 Å². The van der Waals surface area contributed by atoms with E-state index in [4.69, 9.17) is 4.42 Å². The van der Waals surface area contributed by atoms with E-state index in [1.165, 1.54) is 0 Å². The first kappa shape index (κ1) is 19.2. The number of nitrogens with zero attached hydrogens (tertiary/aromatic N) is 3. The first-order chi connectivity index (χ1) is 11.8. The highest BCUT2D eigenvalue weighted by Gasteiger charge is 2.19. The van der Waals surface area contributed by atoms with Gasteiger partial charge in [-0.15, -0.1) is 0 Å². The van der Waals surface area contributed by atoms with E-state index in [-0.39, 0.29) is 11.9 Å². The highest BCUT2D eigenvalue weighted by Crippen LogP contribution is 2.18. The normalized spacial score (nSPS) is 12.8. The number of hydrogen-bond donors (Lipinski definition) is 1. The van der Waals surface area contributed by atoms with Crippen LogP contribution < -0.4 is 5.32 Å². The molecule has 2 aromatic rings. The molecule has 0 fully saturated rings. The van der Waals surface area contributed by atoms with Crippen molar-refractivity contribution in [1.82, 2.24) is 20.0 Å². The second-order valence-electron chi connectivity index (χ2n) is 7.20. The first-order valence-electron chi connectivity index (χ1n) is 8.79. The van der Waals surface area contributed by atoms with Crippen molar-refractivity contribution in [2.45, 2.75) is 46.7 Å². The molecule has 0 spiro atoms. The number of amides is 1. The van der Waals surface area contributed by atoms with Gasteiger partial charge in [0.1, 0.15) is 5.76 Å². The van der Waals surface area contributed by atoms with E-state index in [2.05, 4.69) is 24.3 Å². The highest BCUT2D eigenvalue weighted by atomic mass is 16.3. The number of aromatic nitrogens is 2. The van der Waals surface area contributed by atoms with Crippen LogP contribution in [0.5, 0.6) is 0 Å². The second kappa shape index (κ2) is 8.34. The molecule has 0 aromatic carbocycles. The van der Waals surface area contributed by atoms with Crippen molar-refractivity contribution in [2.75, 3.05) is 20.6 Å². The SMILES string of the molecule is Cc1nn(CC(C)C)c(C)c1CC(=O)NCC(c1ccco1)N(C)C. The van der Waals surface area contributed by atoms with E-state index in [1.807, 2.05) is 49.7 Å². The van der Waals surface area contributed by atoms with Gasteiger partial charge in [-0.3, -0.25) is 14.4 Å². The van der Waals surface area contributed by atoms with Crippen molar-refractivity contribution < 1.29 is 9.21 Å². The summed E-state index contributed by atoms with van der Waals surface area (Å²) in [5.74, 6) is 1.38. The maximum atomic E-state index is 12.4. The summed E-state index contributed by atoms with van der Waals surface area (Å²) in [6.07, 6.45) is 2.01. The Balaban J connectivity index is 1.99. The first-order valence-corrected chi connectivity index (χ1v) is 8.79. The summed E-state index contributed by atoms with van der Waals surface area (Å²) in [6, 6.07) is 3.81. The monoisotopic (exact) mass is 346 g/mol. The Morgan fingerprint density at radius 2 is 2.08 bits per heavy atom. The molecule has 138 valence electrons. The maximum absolute atomic E-state index is 12.4. The van der Waals surface area contributed by atoms with Crippen LogP contribution in [0.15, 0.2) is 22.8 Å². The molecule has 1 N–H and O–H groups in total. The third kappa shape index (κ3) is 4.95. The molecular weight excluding hydrogens is 316 g/mol. The van der Waals surface area contributed by atoms with E-state index in [0.717, 1.165) is 29.3 Å². The van der Waals surface area contributed by atoms with Crippen molar-refractivity contribution in [3.05, 3.63) is 41.1 Å². The summed E-state index contributed by atoms with van der Waals surface area (Å²) in [6.45, 7) is 9.72. The molecule has 0 saturated heterocycles. The van der Waals surface area contributed by atoms with Gasteiger partial charge in [0.25, 0.3) is 0 Å². The lowest BCUT2D eigenvalue weighted by molar-refractivity contribution is -0.120. The van der Waals surface area contributed by atoms with Crippen LogP contribution in [0.1, 0.15) is 42.6 Å². The Morgan fingerprint density at radius 3 is 2.64 bits per heavy atom. The molecule has 0 bridgehead atoms. The van der Waals surface area contributed by atoms with Gasteiger partial charge in [0.05, 0.1) is 24.4 Å². The molecule has 0 radical (unpaired) electrons. The molecular formula is C19H30N4O2. The van der Waals surface area contributed by atoms with Gasteiger partial charge in [-0.25, -0.2) is 0 Å². The molecule has 6 nitrogen and oxygen atoms in total. The minimum absolute atomic E-state index is 0.00806. The minimum atomic E-state index is 0.00806. The van der Waals surface area contributed by atoms with E-state index in [0.29, 0.717) is 18.9 Å². The van der Waals surface area contributed by atoms with Gasteiger partial charge in [-0.05, 0) is 46.0 Å². The number of carbonyl (C=O) groups is 1. The summed E-state index contributed by atoms with van der Waals surface area (Å²) in [7, 11) is 3.95. The maximum Gasteiger partial charge on any atom is 0.224 e. The Bertz CT molecular complexity index is 687. The molecule has 0 aliphatic heterocycles. The molecule has 2 aromatic heterocycles. The number of rotatable bonds is 8. The third-order valence-electron chi connectivity index (χ3n) is 4.39. The molecule has 1 amide bonds. The average Bonchev–Trinajstić information content (AvgIpc) is 3.12. The lowest BCUT2D eigenvalue weighted by Gasteiger charge is -2.22. The van der Waals surface area contributed by atoms with Crippen LogP contribution in [0.4, 0.5) is 0 Å². The van der Waals surface area contributed by atoms with Crippen LogP contribution in [-0.4, -0.2) is 41.2 Å². The molecule has 1 atom stereocenters. The predicted molar refractivity (Wildman–Crippen MR) is 98.4 cm³/mol. The quantitative estimate of drug-likeness (QED) is 0.798. The van der Waals surface area contributed by atoms with E-state index < -0.39 is 0 Å². The zero-order valence-corrected chi connectivity index (χ0v) is 16.2. The van der Waals surface area contributed by atoms with Crippen LogP contribution in [0.3, 0.4) is 0 Å². The van der Waals surface area contributed by atoms with Crippen LogP contribution in [-0.2, 0) is 17.8 Å². The molecule has 25 heavy (non-hydrogen) atoms. The summed E-state index contributed by atoms with van der Waals surface area (Å²) in [5.41, 5.74) is 3.04. The number of aryl methyl sites for hydroxylation is 1. The van der Waals surface area contributed by atoms with Gasteiger partial charge in [-0.2, -0.15) is 5.10 Å². The predicted octanol–water partition coefficient (Wildman–Crippen LogP) is 2.71. The fourth-order valence-electron chi connectivity index (χ4n) is 2.97. The number of furan rings is 1. The molecule has 2 rings (SSSR count). The number of carbonyl (C=O) groups excluding carboxylic acids is 1. The van der Waals surface area contributed by atoms with Crippen molar-refractivity contribution in [3.63, 3.8) is 0 Å². The van der Waals surface area contributed by atoms with Crippen LogP contribution >= 0.6 is 0 Å². The second-order valence-corrected chi connectivity index (χ2v) is 7.20. The number of likely N-dealkylation sites (N-methyl/N-ethyl adjacent to an activating group) is 1. The summed E-state index contributed by atoms with van der Waals surface area (Å²) < 4.78 is 7.49. The van der Waals surface area contributed by atoms with Gasteiger partial charge in [0, 0.05) is 24.3 Å². The molecule has 1 unspecified atom stereocenters. The smallest absolute Gasteiger partial charge is 0.224 e. The molecule has 2 heterocycles. The highest BCUT2D eigenvalue weighted by molar-refractivity contribution is 5.79. The Kier molecular flexibility index (Phi) is 6.42. The molecule has 0 aliphatic rings. The Morgan fingerprint density at radius 1 is 1.36 bits per heavy atom. The van der Waals surface area contributed by atoms with Crippen molar-refractivity contribution in [2.24, 2.45) is 5.92 Å². The van der Waals surface area contributed by atoms with Crippen LogP contribution in [0, 0.1) is 19.8 Å². The van der Waals surface area contributed by atoms with Gasteiger partial charge >= 0.3 is 0 Å². The van der Waals surface area contributed by atoms with Gasteiger partial charge < -0.3 is 9.73 Å². The average molecular weight is 346 g/mol. The summed E-state index contributed by atoms with van der Waals surface area (Å²) >= 11 is 0. The van der Waals surface area contributed by atoms with E-state index in [1.54, 1.807) is 6.26 Å². The Hall–Kier alpha value is -2.08. The molecule has 0 saturated carbocycles. The zero-order chi connectivity index (χ0) is 18.6. The fraction of sp³-hybridized carbons (Fsp3) is 0.579. The number of nitrogens with one attached hydrogen (secondary N) is 1. The number of hydrogen-bond acceptors (Lipinski definition) is 4. The van der Waals surface area contributed by atoms with Gasteiger partial charge in [0.2, 0.25) is 5.91 Å². The van der Waals surface area contributed by atoms with Crippen molar-refractivity contribution in [1.29, 1.82) is 0 Å². The topological polar surface area (TPSA) is 63.3 Å². The van der Waals surface area contributed by atoms with Crippen molar-refractivity contribution in [3.8, 4) is 0 Å². The summed E-state index contributed by atoms with van der Waals surface area (Å²) in [4.78, 5) is 14.5. The third-order valence-corrected chi connectivity index (χ3v) is 4.39. The van der Waals surface area contributed by atoms with Gasteiger partial charge in [0.15, 0.2) is 0 Å². The zero-order valence-electron chi connectivity index (χ0n) is 16.2. The lowest BCUT2D eigenvalue weighted by Crippen LogP contribution is -2.35. The largest absolute Gasteiger partial charge is 0.468 e. The van der Waals surface area contributed by atoms with Crippen LogP contribution in [0.25, 0.3) is 0 Å². The molecule has 6 heteroatoms. The minimum Gasteiger partial charge on any atom is -0.468 e. The fourth-order valence-corrected chi connectivity index (χ4v) is 2.97. The lowest BCUT2D eigenvalue weighted by atomic mass is 10.1. The van der Waals surface area contributed by atoms with E-state index >= 15 is 0 Å².